The molecule has 0 aromatic heterocycles. The van der Waals surface area contributed by atoms with E-state index in [2.05, 4.69) is 4.90 Å². The largest absolute Gasteiger partial charge is 0.493 e. The minimum Gasteiger partial charge on any atom is -0.493 e. The van der Waals surface area contributed by atoms with Gasteiger partial charge in [0.1, 0.15) is 0 Å². The predicted octanol–water partition coefficient (Wildman–Crippen LogP) is 4.54. The first-order valence-corrected chi connectivity index (χ1v) is 13.3. The van der Waals surface area contributed by atoms with Crippen molar-refractivity contribution < 1.29 is 19.1 Å². The van der Waals surface area contributed by atoms with Crippen LogP contribution in [0.1, 0.15) is 39.0 Å². The lowest BCUT2D eigenvalue weighted by Crippen LogP contribution is -2.54. The average Bonchev–Trinajstić information content (AvgIpc) is 2.96. The summed E-state index contributed by atoms with van der Waals surface area (Å²) in [5.74, 6) is 0.787. The van der Waals surface area contributed by atoms with Crippen LogP contribution in [0.3, 0.4) is 0 Å². The Bertz CT molecular complexity index is 1380. The number of piperazine rings is 1. The fourth-order valence-corrected chi connectivity index (χ4v) is 6.28. The van der Waals surface area contributed by atoms with Gasteiger partial charge in [-0.1, -0.05) is 29.8 Å². The molecule has 0 saturated carbocycles. The third kappa shape index (κ3) is 4.06. The first kappa shape index (κ1) is 24.6. The molecule has 1 saturated heterocycles. The highest BCUT2D eigenvalue weighted by atomic mass is 35.5. The van der Waals surface area contributed by atoms with Gasteiger partial charge in [-0.15, -0.1) is 0 Å². The Kier molecular flexibility index (Phi) is 6.40. The Balaban J connectivity index is 1.36. The van der Waals surface area contributed by atoms with E-state index in [1.54, 1.807) is 14.2 Å². The highest BCUT2D eigenvalue weighted by Gasteiger charge is 2.48. The lowest BCUT2D eigenvalue weighted by atomic mass is 9.75. The SMILES string of the molecule is COc1cc2c(cc1OC)[C@@H]1[C@H](C(=O)N3CCN(c4ccc(Cl)cc4)CC3)c3ccccc3C(=O)N1CC2. The third-order valence-corrected chi connectivity index (χ3v) is 8.33. The number of carbonyl (C=O) groups is 2. The molecule has 196 valence electrons. The molecule has 7 nitrogen and oxygen atoms in total. The molecule has 3 aromatic carbocycles. The zero-order valence-electron chi connectivity index (χ0n) is 21.5. The Morgan fingerprint density at radius 2 is 1.55 bits per heavy atom. The monoisotopic (exact) mass is 531 g/mol. The van der Waals surface area contributed by atoms with E-state index >= 15 is 0 Å². The van der Waals surface area contributed by atoms with Gasteiger partial charge in [0.15, 0.2) is 11.5 Å². The van der Waals surface area contributed by atoms with Gasteiger partial charge in [0.25, 0.3) is 5.91 Å². The van der Waals surface area contributed by atoms with Gasteiger partial charge in [-0.3, -0.25) is 9.59 Å². The van der Waals surface area contributed by atoms with E-state index in [4.69, 9.17) is 21.1 Å². The summed E-state index contributed by atoms with van der Waals surface area (Å²) >= 11 is 6.07. The Morgan fingerprint density at radius 1 is 0.868 bits per heavy atom. The van der Waals surface area contributed by atoms with E-state index in [0.29, 0.717) is 48.1 Å². The van der Waals surface area contributed by atoms with Crippen molar-refractivity contribution in [2.24, 2.45) is 0 Å². The summed E-state index contributed by atoms with van der Waals surface area (Å²) in [6.45, 7) is 3.24. The molecular weight excluding hydrogens is 502 g/mol. The third-order valence-electron chi connectivity index (χ3n) is 8.07. The van der Waals surface area contributed by atoms with Crippen LogP contribution in [0.15, 0.2) is 60.7 Å². The lowest BCUT2D eigenvalue weighted by molar-refractivity contribution is -0.135. The van der Waals surface area contributed by atoms with E-state index in [0.717, 1.165) is 35.5 Å². The minimum atomic E-state index is -0.497. The molecule has 38 heavy (non-hydrogen) atoms. The number of benzene rings is 3. The summed E-state index contributed by atoms with van der Waals surface area (Å²) in [6, 6.07) is 18.9. The van der Waals surface area contributed by atoms with Crippen LogP contribution < -0.4 is 14.4 Å². The van der Waals surface area contributed by atoms with E-state index in [1.807, 2.05) is 70.5 Å². The van der Waals surface area contributed by atoms with E-state index in [9.17, 15) is 9.59 Å². The molecule has 8 heteroatoms. The fourth-order valence-electron chi connectivity index (χ4n) is 6.15. The maximum Gasteiger partial charge on any atom is 0.254 e. The average molecular weight is 532 g/mol. The standard InChI is InChI=1S/C30H30ClN3O4/c1-37-25-17-19-11-12-34-28(24(19)18-26(25)38-2)27(22-5-3-4-6-23(22)29(34)35)30(36)33-15-13-32(14-16-33)21-9-7-20(31)8-10-21/h3-10,17-18,27-28H,11-16H2,1-2H3/t27-,28-/m1/s1. The van der Waals surface area contributed by atoms with Crippen LogP contribution in [0.25, 0.3) is 0 Å². The molecule has 6 rings (SSSR count). The number of ether oxygens (including phenoxy) is 2. The van der Waals surface area contributed by atoms with Gasteiger partial charge in [-0.25, -0.2) is 0 Å². The maximum absolute atomic E-state index is 14.3. The van der Waals surface area contributed by atoms with Crippen LogP contribution in [0.2, 0.25) is 5.02 Å². The molecule has 3 aliphatic heterocycles. The van der Waals surface area contributed by atoms with Crippen LogP contribution >= 0.6 is 11.6 Å². The second-order valence-corrected chi connectivity index (χ2v) is 10.4. The molecule has 2 atom stereocenters. The number of anilines is 1. The van der Waals surface area contributed by atoms with Crippen LogP contribution in [-0.2, 0) is 11.2 Å². The summed E-state index contributed by atoms with van der Waals surface area (Å²) in [5.41, 5.74) is 4.55. The van der Waals surface area contributed by atoms with Crippen molar-refractivity contribution in [2.75, 3.05) is 51.8 Å². The quantitative estimate of drug-likeness (QED) is 0.494. The molecule has 3 aliphatic rings. The van der Waals surface area contributed by atoms with Crippen LogP contribution in [-0.4, -0.2) is 68.6 Å². The van der Waals surface area contributed by atoms with Crippen molar-refractivity contribution in [3.63, 3.8) is 0 Å². The number of rotatable bonds is 4. The van der Waals surface area contributed by atoms with Crippen LogP contribution in [0.4, 0.5) is 5.69 Å². The Morgan fingerprint density at radius 3 is 2.26 bits per heavy atom. The number of fused-ring (bicyclic) bond motifs is 4. The molecule has 0 aliphatic carbocycles. The van der Waals surface area contributed by atoms with Crippen molar-refractivity contribution in [3.05, 3.63) is 87.9 Å². The number of carbonyl (C=O) groups excluding carboxylic acids is 2. The van der Waals surface area contributed by atoms with Crippen molar-refractivity contribution in [2.45, 2.75) is 18.4 Å². The van der Waals surface area contributed by atoms with Gasteiger partial charge in [-0.05, 0) is 65.6 Å². The second-order valence-electron chi connectivity index (χ2n) is 9.95. The summed E-state index contributed by atoms with van der Waals surface area (Å²) in [7, 11) is 3.23. The molecule has 1 fully saturated rings. The smallest absolute Gasteiger partial charge is 0.254 e. The summed E-state index contributed by atoms with van der Waals surface area (Å²) in [6.07, 6.45) is 0.695. The molecule has 3 heterocycles. The normalized spacial score (nSPS) is 20.4. The Hall–Kier alpha value is -3.71. The number of amides is 2. The highest BCUT2D eigenvalue weighted by molar-refractivity contribution is 6.30. The van der Waals surface area contributed by atoms with Crippen molar-refractivity contribution in [1.29, 1.82) is 0 Å². The number of methoxy groups -OCH3 is 2. The van der Waals surface area contributed by atoms with Gasteiger partial charge in [0, 0.05) is 49.0 Å². The number of hydrogen-bond donors (Lipinski definition) is 0. The molecule has 0 N–H and O–H groups in total. The van der Waals surface area contributed by atoms with Crippen LogP contribution in [0.5, 0.6) is 11.5 Å². The highest BCUT2D eigenvalue weighted by Crippen LogP contribution is 2.49. The summed E-state index contributed by atoms with van der Waals surface area (Å²) in [4.78, 5) is 34.1. The minimum absolute atomic E-state index is 0.0253. The zero-order chi connectivity index (χ0) is 26.4. The summed E-state index contributed by atoms with van der Waals surface area (Å²) < 4.78 is 11.2. The van der Waals surface area contributed by atoms with Crippen molar-refractivity contribution in [3.8, 4) is 11.5 Å². The molecule has 2 amide bonds. The summed E-state index contributed by atoms with van der Waals surface area (Å²) in [5, 5.41) is 0.708. The topological polar surface area (TPSA) is 62.3 Å². The number of hydrogen-bond acceptors (Lipinski definition) is 5. The second kappa shape index (κ2) is 9.87. The maximum atomic E-state index is 14.3. The zero-order valence-corrected chi connectivity index (χ0v) is 22.3. The number of nitrogens with zero attached hydrogens (tertiary/aromatic N) is 3. The first-order valence-electron chi connectivity index (χ1n) is 12.9. The molecule has 0 unspecified atom stereocenters. The van der Waals surface area contributed by atoms with Crippen molar-refractivity contribution >= 4 is 29.1 Å². The van der Waals surface area contributed by atoms with E-state index in [1.165, 1.54) is 0 Å². The Labute approximate surface area is 227 Å². The molecule has 3 aromatic rings. The first-order chi connectivity index (χ1) is 18.5. The molecular formula is C30H30ClN3O4. The van der Waals surface area contributed by atoms with Gasteiger partial charge in [-0.2, -0.15) is 0 Å². The van der Waals surface area contributed by atoms with Crippen molar-refractivity contribution in [1.82, 2.24) is 9.80 Å². The van der Waals surface area contributed by atoms with Crippen LogP contribution in [0, 0.1) is 0 Å². The van der Waals surface area contributed by atoms with Gasteiger partial charge < -0.3 is 24.2 Å². The number of halogens is 1. The van der Waals surface area contributed by atoms with Gasteiger partial charge >= 0.3 is 0 Å². The molecule has 0 spiro atoms. The van der Waals surface area contributed by atoms with E-state index in [-0.39, 0.29) is 11.8 Å². The molecule has 0 radical (unpaired) electrons. The van der Waals surface area contributed by atoms with Gasteiger partial charge in [0.2, 0.25) is 5.91 Å². The van der Waals surface area contributed by atoms with E-state index < -0.39 is 12.0 Å². The lowest BCUT2D eigenvalue weighted by Gasteiger charge is -2.47. The predicted molar refractivity (Wildman–Crippen MR) is 146 cm³/mol. The van der Waals surface area contributed by atoms with Gasteiger partial charge in [0.05, 0.1) is 26.2 Å². The fraction of sp³-hybridized carbons (Fsp3) is 0.333. The molecule has 0 bridgehead atoms.